The lowest BCUT2D eigenvalue weighted by atomic mass is 9.94. The van der Waals surface area contributed by atoms with Crippen molar-refractivity contribution < 1.29 is 29.2 Å². The normalized spacial score (nSPS) is 10.6. The van der Waals surface area contributed by atoms with Crippen LogP contribution >= 0.6 is 0 Å². The fraction of sp³-hybridized carbons (Fsp3) is 0.250. The zero-order valence-corrected chi connectivity index (χ0v) is 18.0. The Hall–Kier alpha value is -3.54. The predicted molar refractivity (Wildman–Crippen MR) is 116 cm³/mol. The van der Waals surface area contributed by atoms with E-state index in [1.807, 2.05) is 26.0 Å². The van der Waals surface area contributed by atoms with Crippen LogP contribution < -0.4 is 18.9 Å². The Labute approximate surface area is 176 Å². The zero-order chi connectivity index (χ0) is 22.0. The molecule has 0 saturated carbocycles. The molecule has 0 spiro atoms. The average Bonchev–Trinajstić information content (AvgIpc) is 2.74. The minimum absolute atomic E-state index is 0.00299. The lowest BCUT2D eigenvalue weighted by molar-refractivity contribution is 0.373. The molecule has 0 saturated heterocycles. The van der Waals surface area contributed by atoms with Gasteiger partial charge in [-0.15, -0.1) is 0 Å². The van der Waals surface area contributed by atoms with Crippen molar-refractivity contribution in [3.63, 3.8) is 0 Å². The van der Waals surface area contributed by atoms with Gasteiger partial charge in [0.15, 0.2) is 11.5 Å². The Bertz CT molecular complexity index is 1090. The van der Waals surface area contributed by atoms with E-state index in [-0.39, 0.29) is 11.5 Å². The lowest BCUT2D eigenvalue weighted by Crippen LogP contribution is -1.96. The highest BCUT2D eigenvalue weighted by Crippen LogP contribution is 2.48. The van der Waals surface area contributed by atoms with Gasteiger partial charge in [0.25, 0.3) is 0 Å². The standard InChI is InChI=1S/C24H26O6/c1-13-7-18(24(26)23(8-13)30-6)17-10-16(21(28-4)12-22(17)29-5)15-11-20(27-3)14(2)9-19(15)25/h7-12,25-26H,1-6H3. The van der Waals surface area contributed by atoms with Gasteiger partial charge in [0.1, 0.15) is 23.0 Å². The summed E-state index contributed by atoms with van der Waals surface area (Å²) in [6, 6.07) is 10.5. The van der Waals surface area contributed by atoms with Gasteiger partial charge in [0, 0.05) is 28.3 Å². The second kappa shape index (κ2) is 8.45. The van der Waals surface area contributed by atoms with Gasteiger partial charge < -0.3 is 29.2 Å². The monoisotopic (exact) mass is 410 g/mol. The van der Waals surface area contributed by atoms with Crippen LogP contribution in [0.1, 0.15) is 11.1 Å². The van der Waals surface area contributed by atoms with Crippen LogP contribution in [0.2, 0.25) is 0 Å². The van der Waals surface area contributed by atoms with Crippen molar-refractivity contribution >= 4 is 0 Å². The van der Waals surface area contributed by atoms with Crippen molar-refractivity contribution in [3.05, 3.63) is 47.5 Å². The van der Waals surface area contributed by atoms with Gasteiger partial charge in [-0.3, -0.25) is 0 Å². The smallest absolute Gasteiger partial charge is 0.165 e. The van der Waals surface area contributed by atoms with Crippen molar-refractivity contribution in [2.24, 2.45) is 0 Å². The molecule has 0 amide bonds. The van der Waals surface area contributed by atoms with Crippen LogP contribution in [0.5, 0.6) is 34.5 Å². The number of hydrogen-bond donors (Lipinski definition) is 2. The molecular weight excluding hydrogens is 384 g/mol. The second-order valence-electron chi connectivity index (χ2n) is 6.96. The number of rotatable bonds is 6. The van der Waals surface area contributed by atoms with Crippen molar-refractivity contribution in [3.8, 4) is 56.8 Å². The highest BCUT2D eigenvalue weighted by Gasteiger charge is 2.21. The van der Waals surface area contributed by atoms with Crippen molar-refractivity contribution in [1.82, 2.24) is 0 Å². The molecule has 0 heterocycles. The number of hydrogen-bond acceptors (Lipinski definition) is 6. The first-order chi connectivity index (χ1) is 14.3. The maximum atomic E-state index is 10.8. The van der Waals surface area contributed by atoms with Gasteiger partial charge in [0.05, 0.1) is 28.4 Å². The summed E-state index contributed by atoms with van der Waals surface area (Å²) >= 11 is 0. The number of aryl methyl sites for hydroxylation is 2. The predicted octanol–water partition coefficient (Wildman–Crippen LogP) is 5.08. The molecule has 3 aromatic rings. The molecule has 3 rings (SSSR count). The van der Waals surface area contributed by atoms with E-state index in [0.717, 1.165) is 11.1 Å². The maximum Gasteiger partial charge on any atom is 0.165 e. The lowest BCUT2D eigenvalue weighted by Gasteiger charge is -2.18. The first-order valence-electron chi connectivity index (χ1n) is 9.36. The Morgan fingerprint density at radius 3 is 1.67 bits per heavy atom. The molecule has 6 heteroatoms. The van der Waals surface area contributed by atoms with E-state index in [4.69, 9.17) is 18.9 Å². The Morgan fingerprint density at radius 2 is 1.10 bits per heavy atom. The van der Waals surface area contributed by atoms with Crippen LogP contribution in [0, 0.1) is 13.8 Å². The summed E-state index contributed by atoms with van der Waals surface area (Å²) in [6.45, 7) is 3.77. The highest BCUT2D eigenvalue weighted by molar-refractivity contribution is 5.87. The summed E-state index contributed by atoms with van der Waals surface area (Å²) in [5, 5.41) is 21.4. The summed E-state index contributed by atoms with van der Waals surface area (Å²) in [6.07, 6.45) is 0. The first-order valence-corrected chi connectivity index (χ1v) is 9.36. The Morgan fingerprint density at radius 1 is 0.533 bits per heavy atom. The van der Waals surface area contributed by atoms with Crippen LogP contribution in [0.15, 0.2) is 36.4 Å². The van der Waals surface area contributed by atoms with Crippen LogP contribution in [0.3, 0.4) is 0 Å². The van der Waals surface area contributed by atoms with E-state index in [1.54, 1.807) is 45.6 Å². The third kappa shape index (κ3) is 3.68. The molecule has 3 aromatic carbocycles. The van der Waals surface area contributed by atoms with E-state index in [9.17, 15) is 10.2 Å². The van der Waals surface area contributed by atoms with Crippen molar-refractivity contribution in [2.75, 3.05) is 28.4 Å². The Kier molecular flexibility index (Phi) is 5.96. The first kappa shape index (κ1) is 21.2. The van der Waals surface area contributed by atoms with Gasteiger partial charge in [-0.2, -0.15) is 0 Å². The van der Waals surface area contributed by atoms with Crippen LogP contribution in [-0.2, 0) is 0 Å². The Balaban J connectivity index is 2.35. The van der Waals surface area contributed by atoms with E-state index in [2.05, 4.69) is 0 Å². The number of phenolic OH excluding ortho intramolecular Hbond substituents is 2. The topological polar surface area (TPSA) is 77.4 Å². The molecule has 0 aliphatic heterocycles. The zero-order valence-electron chi connectivity index (χ0n) is 18.0. The van der Waals surface area contributed by atoms with Gasteiger partial charge in [-0.25, -0.2) is 0 Å². The quantitative estimate of drug-likeness (QED) is 0.590. The molecule has 2 N–H and O–H groups in total. The third-order valence-electron chi connectivity index (χ3n) is 5.05. The highest BCUT2D eigenvalue weighted by atomic mass is 16.5. The molecule has 30 heavy (non-hydrogen) atoms. The van der Waals surface area contributed by atoms with Gasteiger partial charge in [0.2, 0.25) is 0 Å². The molecule has 0 aliphatic rings. The second-order valence-corrected chi connectivity index (χ2v) is 6.96. The van der Waals surface area contributed by atoms with Gasteiger partial charge in [-0.1, -0.05) is 0 Å². The molecule has 0 radical (unpaired) electrons. The molecule has 0 atom stereocenters. The average molecular weight is 410 g/mol. The number of benzene rings is 3. The molecule has 0 bridgehead atoms. The minimum Gasteiger partial charge on any atom is -0.507 e. The molecule has 0 aromatic heterocycles. The number of ether oxygens (including phenoxy) is 4. The maximum absolute atomic E-state index is 10.8. The molecular formula is C24H26O6. The SMILES string of the molecule is COc1cc(-c2cc(-c3cc(C)cc(OC)c3O)c(OC)cc2OC)c(O)cc1C. The minimum atomic E-state index is 0.00299. The van der Waals surface area contributed by atoms with Gasteiger partial charge in [-0.05, 0) is 55.3 Å². The summed E-state index contributed by atoms with van der Waals surface area (Å²) in [5.41, 5.74) is 4.07. The van der Waals surface area contributed by atoms with E-state index >= 15 is 0 Å². The number of phenols is 2. The number of methoxy groups -OCH3 is 4. The van der Waals surface area contributed by atoms with E-state index < -0.39 is 0 Å². The van der Waals surface area contributed by atoms with Crippen molar-refractivity contribution in [2.45, 2.75) is 13.8 Å². The largest absolute Gasteiger partial charge is 0.507 e. The van der Waals surface area contributed by atoms with Crippen LogP contribution in [0.25, 0.3) is 22.3 Å². The van der Waals surface area contributed by atoms with Gasteiger partial charge >= 0.3 is 0 Å². The number of aromatic hydroxyl groups is 2. The molecule has 0 fully saturated rings. The molecule has 0 unspecified atom stereocenters. The van der Waals surface area contributed by atoms with E-state index in [1.165, 1.54) is 7.11 Å². The third-order valence-corrected chi connectivity index (χ3v) is 5.05. The summed E-state index contributed by atoms with van der Waals surface area (Å²) < 4.78 is 21.9. The summed E-state index contributed by atoms with van der Waals surface area (Å²) in [7, 11) is 6.18. The molecule has 158 valence electrons. The summed E-state index contributed by atoms with van der Waals surface area (Å²) in [4.78, 5) is 0. The molecule has 0 aliphatic carbocycles. The van der Waals surface area contributed by atoms with Crippen molar-refractivity contribution in [1.29, 1.82) is 0 Å². The molecule has 6 nitrogen and oxygen atoms in total. The van der Waals surface area contributed by atoms with Crippen LogP contribution in [0.4, 0.5) is 0 Å². The van der Waals surface area contributed by atoms with Crippen LogP contribution in [-0.4, -0.2) is 38.7 Å². The summed E-state index contributed by atoms with van der Waals surface area (Å²) in [5.74, 6) is 2.12. The fourth-order valence-corrected chi connectivity index (χ4v) is 3.53. The van der Waals surface area contributed by atoms with E-state index in [0.29, 0.717) is 45.3 Å². The fourth-order valence-electron chi connectivity index (χ4n) is 3.53.